The highest BCUT2D eigenvalue weighted by atomic mass is 32.1. The van der Waals surface area contributed by atoms with Gasteiger partial charge in [-0.15, -0.1) is 0 Å². The summed E-state index contributed by atoms with van der Waals surface area (Å²) in [5, 5.41) is 10.7. The van der Waals surface area contributed by atoms with Gasteiger partial charge in [0.25, 0.3) is 0 Å². The van der Waals surface area contributed by atoms with E-state index in [0.29, 0.717) is 0 Å². The van der Waals surface area contributed by atoms with Crippen molar-refractivity contribution in [2.24, 2.45) is 0 Å². The number of hydrogen-bond donors (Lipinski definition) is 2. The van der Waals surface area contributed by atoms with E-state index in [9.17, 15) is 4.79 Å². The van der Waals surface area contributed by atoms with E-state index in [2.05, 4.69) is 40.5 Å². The minimum atomic E-state index is -0.465. The van der Waals surface area contributed by atoms with E-state index >= 15 is 0 Å². The third-order valence-corrected chi connectivity index (χ3v) is 5.24. The van der Waals surface area contributed by atoms with E-state index in [1.807, 2.05) is 27.0 Å². The fraction of sp³-hybridized carbons (Fsp3) is 0.353. The second-order valence-electron chi connectivity index (χ2n) is 6.12. The summed E-state index contributed by atoms with van der Waals surface area (Å²) in [6.45, 7) is 6.09. The van der Waals surface area contributed by atoms with Crippen LogP contribution in [0.5, 0.6) is 0 Å². The maximum Gasteiger partial charge on any atom is 0.234 e. The molecule has 1 atom stereocenters. The first-order chi connectivity index (χ1) is 9.95. The Bertz CT molecular complexity index is 703. The van der Waals surface area contributed by atoms with Crippen LogP contribution < -0.4 is 10.6 Å². The molecule has 0 saturated heterocycles. The van der Waals surface area contributed by atoms with Crippen molar-refractivity contribution in [3.05, 3.63) is 51.2 Å². The minimum absolute atomic E-state index is 0.0716. The average Bonchev–Trinajstić information content (AvgIpc) is 2.95. The number of nitrogens with one attached hydrogen (secondary N) is 2. The Kier molecular flexibility index (Phi) is 3.38. The monoisotopic (exact) mass is 300 g/mol. The Balaban J connectivity index is 2.07. The van der Waals surface area contributed by atoms with E-state index < -0.39 is 5.41 Å². The van der Waals surface area contributed by atoms with Gasteiger partial charge in [0, 0.05) is 5.69 Å². The van der Waals surface area contributed by atoms with Gasteiger partial charge in [-0.05, 0) is 66.9 Å². The Hall–Kier alpha value is -1.65. The van der Waals surface area contributed by atoms with Crippen molar-refractivity contribution in [3.63, 3.8) is 0 Å². The van der Waals surface area contributed by atoms with Gasteiger partial charge >= 0.3 is 0 Å². The first kappa shape index (κ1) is 14.3. The molecule has 1 aliphatic heterocycles. The summed E-state index contributed by atoms with van der Waals surface area (Å²) in [6.07, 6.45) is 0. The molecule has 110 valence electrons. The van der Waals surface area contributed by atoms with Crippen molar-refractivity contribution < 1.29 is 4.79 Å². The van der Waals surface area contributed by atoms with Gasteiger partial charge in [0.15, 0.2) is 0 Å². The maximum atomic E-state index is 12.1. The molecule has 1 amide bonds. The molecule has 0 spiro atoms. The zero-order chi connectivity index (χ0) is 15.2. The number of benzene rings is 1. The lowest BCUT2D eigenvalue weighted by Gasteiger charge is -2.20. The zero-order valence-corrected chi connectivity index (χ0v) is 13.6. The highest BCUT2D eigenvalue weighted by Crippen LogP contribution is 2.39. The number of rotatable bonds is 3. The minimum Gasteiger partial charge on any atom is -0.325 e. The van der Waals surface area contributed by atoms with Crippen LogP contribution in [-0.4, -0.2) is 13.0 Å². The van der Waals surface area contributed by atoms with Crippen molar-refractivity contribution in [2.45, 2.75) is 32.2 Å². The molecule has 4 heteroatoms. The van der Waals surface area contributed by atoms with Crippen molar-refractivity contribution >= 4 is 22.9 Å². The molecule has 3 nitrogen and oxygen atoms in total. The predicted octanol–water partition coefficient (Wildman–Crippen LogP) is 3.60. The molecule has 2 heterocycles. The number of hydrogen-bond acceptors (Lipinski definition) is 3. The Morgan fingerprint density at radius 3 is 2.67 bits per heavy atom. The van der Waals surface area contributed by atoms with Crippen molar-refractivity contribution in [2.75, 3.05) is 12.4 Å². The Morgan fingerprint density at radius 2 is 2.05 bits per heavy atom. The molecule has 2 aromatic rings. The van der Waals surface area contributed by atoms with E-state index in [1.54, 1.807) is 11.3 Å². The number of aryl methyl sites for hydroxylation is 1. The molecule has 0 saturated carbocycles. The summed E-state index contributed by atoms with van der Waals surface area (Å²) in [6, 6.07) is 6.43. The lowest BCUT2D eigenvalue weighted by molar-refractivity contribution is -0.119. The second-order valence-corrected chi connectivity index (χ2v) is 6.86. The second kappa shape index (κ2) is 4.97. The number of carbonyl (C=O) groups is 1. The maximum absolute atomic E-state index is 12.1. The van der Waals surface area contributed by atoms with Gasteiger partial charge < -0.3 is 10.6 Å². The number of thiophene rings is 1. The molecule has 2 N–H and O–H groups in total. The van der Waals surface area contributed by atoms with Gasteiger partial charge in [-0.2, -0.15) is 11.3 Å². The van der Waals surface area contributed by atoms with Crippen molar-refractivity contribution in [1.29, 1.82) is 0 Å². The van der Waals surface area contributed by atoms with Gasteiger partial charge in [-0.3, -0.25) is 4.79 Å². The smallest absolute Gasteiger partial charge is 0.234 e. The molecular weight excluding hydrogens is 280 g/mol. The van der Waals surface area contributed by atoms with Gasteiger partial charge in [-0.1, -0.05) is 12.1 Å². The summed E-state index contributed by atoms with van der Waals surface area (Å²) in [7, 11) is 1.98. The first-order valence-corrected chi connectivity index (χ1v) is 8.05. The lowest BCUT2D eigenvalue weighted by atomic mass is 9.84. The van der Waals surface area contributed by atoms with Crippen LogP contribution in [0.15, 0.2) is 29.0 Å². The molecule has 1 aromatic heterocycles. The predicted molar refractivity (Wildman–Crippen MR) is 88.1 cm³/mol. The van der Waals surface area contributed by atoms with Crippen LogP contribution in [0.1, 0.15) is 42.1 Å². The molecule has 0 fully saturated rings. The van der Waals surface area contributed by atoms with Crippen molar-refractivity contribution in [3.8, 4) is 0 Å². The number of anilines is 1. The number of fused-ring (bicyclic) bond motifs is 1. The fourth-order valence-corrected chi connectivity index (χ4v) is 3.81. The van der Waals surface area contributed by atoms with Crippen LogP contribution in [-0.2, 0) is 10.2 Å². The molecule has 1 aromatic carbocycles. The topological polar surface area (TPSA) is 41.1 Å². The van der Waals surface area contributed by atoms with Gasteiger partial charge in [0.05, 0.1) is 11.5 Å². The normalized spacial score (nSPS) is 17.4. The molecular formula is C17H20N2OS. The average molecular weight is 300 g/mol. The molecule has 3 rings (SSSR count). The summed E-state index contributed by atoms with van der Waals surface area (Å²) in [5.74, 6) is 0.0716. The molecule has 0 bridgehead atoms. The summed E-state index contributed by atoms with van der Waals surface area (Å²) in [5.41, 5.74) is 5.35. The van der Waals surface area contributed by atoms with Crippen LogP contribution in [0.3, 0.4) is 0 Å². The largest absolute Gasteiger partial charge is 0.325 e. The van der Waals surface area contributed by atoms with Crippen LogP contribution in [0, 0.1) is 6.92 Å². The standard InChI is InChI=1S/C17H20N2OS/c1-10-8-21-9-12(10)15(18-4)11-5-6-14-13(7-11)17(2,3)16(20)19-14/h5-9,15,18H,1-4H3,(H,19,20). The third kappa shape index (κ3) is 2.19. The summed E-state index contributed by atoms with van der Waals surface area (Å²) >= 11 is 1.72. The lowest BCUT2D eigenvalue weighted by Crippen LogP contribution is -2.27. The highest BCUT2D eigenvalue weighted by Gasteiger charge is 2.38. The molecule has 1 aliphatic rings. The summed E-state index contributed by atoms with van der Waals surface area (Å²) < 4.78 is 0. The van der Waals surface area contributed by atoms with E-state index in [0.717, 1.165) is 11.3 Å². The van der Waals surface area contributed by atoms with Gasteiger partial charge in [0.2, 0.25) is 5.91 Å². The van der Waals surface area contributed by atoms with E-state index in [4.69, 9.17) is 0 Å². The summed E-state index contributed by atoms with van der Waals surface area (Å²) in [4.78, 5) is 12.1. The molecule has 1 unspecified atom stereocenters. The van der Waals surface area contributed by atoms with E-state index in [-0.39, 0.29) is 11.9 Å². The Labute approximate surface area is 129 Å². The molecule has 0 aliphatic carbocycles. The van der Waals surface area contributed by atoms with Crippen LogP contribution in [0.4, 0.5) is 5.69 Å². The van der Waals surface area contributed by atoms with Gasteiger partial charge in [0.1, 0.15) is 0 Å². The van der Waals surface area contributed by atoms with Crippen LogP contribution >= 0.6 is 11.3 Å². The molecule has 21 heavy (non-hydrogen) atoms. The molecule has 0 radical (unpaired) electrons. The Morgan fingerprint density at radius 1 is 1.29 bits per heavy atom. The van der Waals surface area contributed by atoms with Gasteiger partial charge in [-0.25, -0.2) is 0 Å². The fourth-order valence-electron chi connectivity index (χ4n) is 2.94. The van der Waals surface area contributed by atoms with E-state index in [1.165, 1.54) is 16.7 Å². The first-order valence-electron chi connectivity index (χ1n) is 7.11. The number of amides is 1. The highest BCUT2D eigenvalue weighted by molar-refractivity contribution is 7.08. The SMILES string of the molecule is CNC(c1ccc2c(c1)C(C)(C)C(=O)N2)c1cscc1C. The third-order valence-electron chi connectivity index (χ3n) is 4.36. The number of carbonyl (C=O) groups excluding carboxylic acids is 1. The zero-order valence-electron chi connectivity index (χ0n) is 12.8. The quantitative estimate of drug-likeness (QED) is 0.909. The van der Waals surface area contributed by atoms with Crippen LogP contribution in [0.2, 0.25) is 0 Å². The van der Waals surface area contributed by atoms with Crippen LogP contribution in [0.25, 0.3) is 0 Å². The van der Waals surface area contributed by atoms with Crippen molar-refractivity contribution in [1.82, 2.24) is 5.32 Å².